The zero-order chi connectivity index (χ0) is 15.1. The minimum absolute atomic E-state index is 0.0818. The van der Waals surface area contributed by atoms with Gasteiger partial charge in [0.1, 0.15) is 5.75 Å². The van der Waals surface area contributed by atoms with Crippen LogP contribution in [-0.4, -0.2) is 37.0 Å². The highest BCUT2D eigenvalue weighted by atomic mass is 79.9. The number of likely N-dealkylation sites (tertiary alicyclic amines) is 1. The van der Waals surface area contributed by atoms with E-state index < -0.39 is 0 Å². The molecule has 116 valence electrons. The first-order chi connectivity index (χ1) is 10.2. The van der Waals surface area contributed by atoms with Gasteiger partial charge in [0.25, 0.3) is 5.91 Å². The van der Waals surface area contributed by atoms with E-state index in [2.05, 4.69) is 28.2 Å². The van der Waals surface area contributed by atoms with Crippen LogP contribution in [0.1, 0.15) is 31.7 Å². The zero-order valence-electron chi connectivity index (χ0n) is 12.5. The molecule has 0 unspecified atom stereocenters. The van der Waals surface area contributed by atoms with Gasteiger partial charge in [-0.05, 0) is 59.4 Å². The molecule has 0 aliphatic carbocycles. The van der Waals surface area contributed by atoms with Gasteiger partial charge in [-0.3, -0.25) is 4.79 Å². The van der Waals surface area contributed by atoms with E-state index >= 15 is 0 Å². The van der Waals surface area contributed by atoms with Crippen LogP contribution in [-0.2, 0) is 11.3 Å². The van der Waals surface area contributed by atoms with Crippen LogP contribution in [0.3, 0.4) is 0 Å². The van der Waals surface area contributed by atoms with Crippen molar-refractivity contribution in [1.82, 2.24) is 10.2 Å². The molecule has 1 aromatic carbocycles. The quantitative estimate of drug-likeness (QED) is 0.853. The number of carbonyl (C=O) groups excluding carboxylic acids is 1. The van der Waals surface area contributed by atoms with Gasteiger partial charge in [0.15, 0.2) is 6.61 Å². The second-order valence-corrected chi connectivity index (χ2v) is 6.13. The number of amides is 1. The third kappa shape index (κ3) is 5.00. The van der Waals surface area contributed by atoms with Gasteiger partial charge in [-0.1, -0.05) is 13.0 Å². The lowest BCUT2D eigenvalue weighted by molar-refractivity contribution is -0.134. The van der Waals surface area contributed by atoms with E-state index in [4.69, 9.17) is 4.74 Å². The lowest BCUT2D eigenvalue weighted by atomic mass is 10.1. The van der Waals surface area contributed by atoms with Crippen molar-refractivity contribution in [1.29, 1.82) is 0 Å². The summed E-state index contributed by atoms with van der Waals surface area (Å²) in [5, 5.41) is 3.28. The van der Waals surface area contributed by atoms with E-state index in [-0.39, 0.29) is 12.5 Å². The minimum atomic E-state index is 0.0818. The van der Waals surface area contributed by atoms with Gasteiger partial charge in [0, 0.05) is 19.6 Å². The zero-order valence-corrected chi connectivity index (χ0v) is 14.1. The fourth-order valence-electron chi connectivity index (χ4n) is 2.41. The Morgan fingerprint density at radius 2 is 2.10 bits per heavy atom. The summed E-state index contributed by atoms with van der Waals surface area (Å²) in [5.41, 5.74) is 1.19. The van der Waals surface area contributed by atoms with Gasteiger partial charge in [0.05, 0.1) is 4.47 Å². The summed E-state index contributed by atoms with van der Waals surface area (Å²) in [6.07, 6.45) is 3.44. The number of halogens is 1. The maximum absolute atomic E-state index is 12.1. The molecular weight excluding hydrogens is 332 g/mol. The summed E-state index contributed by atoms with van der Waals surface area (Å²) < 4.78 is 6.55. The SMILES string of the molecule is CCNCc1ccc(OCC(=O)N2CCCCC2)c(Br)c1. The fourth-order valence-corrected chi connectivity index (χ4v) is 2.96. The number of rotatable bonds is 6. The van der Waals surface area contributed by atoms with Crippen molar-refractivity contribution < 1.29 is 9.53 Å². The highest BCUT2D eigenvalue weighted by Crippen LogP contribution is 2.26. The predicted molar refractivity (Wildman–Crippen MR) is 87.4 cm³/mol. The molecule has 21 heavy (non-hydrogen) atoms. The molecule has 0 spiro atoms. The summed E-state index contributed by atoms with van der Waals surface area (Å²) in [6.45, 7) is 5.71. The molecule has 0 aromatic heterocycles. The van der Waals surface area contributed by atoms with Crippen LogP contribution in [0.5, 0.6) is 5.75 Å². The van der Waals surface area contributed by atoms with E-state index in [0.29, 0.717) is 0 Å². The molecule has 1 aliphatic rings. The molecule has 0 atom stereocenters. The van der Waals surface area contributed by atoms with Gasteiger partial charge < -0.3 is 15.0 Å². The summed E-state index contributed by atoms with van der Waals surface area (Å²) in [4.78, 5) is 14.0. The van der Waals surface area contributed by atoms with Crippen LogP contribution in [0.4, 0.5) is 0 Å². The smallest absolute Gasteiger partial charge is 0.260 e. The van der Waals surface area contributed by atoms with Crippen molar-refractivity contribution in [3.05, 3.63) is 28.2 Å². The molecule has 4 nitrogen and oxygen atoms in total. The number of ether oxygens (including phenoxy) is 1. The monoisotopic (exact) mass is 354 g/mol. The molecule has 1 aromatic rings. The lowest BCUT2D eigenvalue weighted by Gasteiger charge is -2.26. The number of piperidine rings is 1. The van der Waals surface area contributed by atoms with Crippen molar-refractivity contribution in [3.63, 3.8) is 0 Å². The third-order valence-corrected chi connectivity index (χ3v) is 4.26. The summed E-state index contributed by atoms with van der Waals surface area (Å²) in [5.74, 6) is 0.805. The molecule has 1 aliphatic heterocycles. The van der Waals surface area contributed by atoms with Crippen molar-refractivity contribution in [2.45, 2.75) is 32.7 Å². The highest BCUT2D eigenvalue weighted by Gasteiger charge is 2.17. The molecule has 2 rings (SSSR count). The van der Waals surface area contributed by atoms with Gasteiger partial charge in [-0.25, -0.2) is 0 Å². The number of benzene rings is 1. The van der Waals surface area contributed by atoms with Crippen LogP contribution in [0, 0.1) is 0 Å². The van der Waals surface area contributed by atoms with Crippen LogP contribution in [0.15, 0.2) is 22.7 Å². The van der Waals surface area contributed by atoms with Crippen molar-refractivity contribution in [2.75, 3.05) is 26.2 Å². The number of nitrogens with zero attached hydrogens (tertiary/aromatic N) is 1. The Balaban J connectivity index is 1.86. The fraction of sp³-hybridized carbons (Fsp3) is 0.562. The molecular formula is C16H23BrN2O2. The first-order valence-electron chi connectivity index (χ1n) is 7.60. The standard InChI is InChI=1S/C16H23BrN2O2/c1-2-18-11-13-6-7-15(14(17)10-13)21-12-16(20)19-8-4-3-5-9-19/h6-7,10,18H,2-5,8-9,11-12H2,1H3. The van der Waals surface area contributed by atoms with Crippen LogP contribution < -0.4 is 10.1 Å². The third-order valence-electron chi connectivity index (χ3n) is 3.64. The Morgan fingerprint density at radius 1 is 1.33 bits per heavy atom. The average Bonchev–Trinajstić information content (AvgIpc) is 2.52. The molecule has 1 N–H and O–H groups in total. The van der Waals surface area contributed by atoms with Crippen LogP contribution in [0.2, 0.25) is 0 Å². The number of hydrogen-bond acceptors (Lipinski definition) is 3. The van der Waals surface area contributed by atoms with E-state index in [1.807, 2.05) is 23.1 Å². The lowest BCUT2D eigenvalue weighted by Crippen LogP contribution is -2.38. The normalized spacial score (nSPS) is 15.0. The largest absolute Gasteiger partial charge is 0.483 e. The number of carbonyl (C=O) groups is 1. The Hall–Kier alpha value is -1.07. The van der Waals surface area contributed by atoms with Crippen molar-refractivity contribution in [2.24, 2.45) is 0 Å². The summed E-state index contributed by atoms with van der Waals surface area (Å²) in [6, 6.07) is 5.97. The summed E-state index contributed by atoms with van der Waals surface area (Å²) in [7, 11) is 0. The second kappa shape index (κ2) is 8.39. The van der Waals surface area contributed by atoms with Gasteiger partial charge in [-0.2, -0.15) is 0 Å². The van der Waals surface area contributed by atoms with Crippen LogP contribution >= 0.6 is 15.9 Å². The molecule has 0 saturated carbocycles. The first-order valence-corrected chi connectivity index (χ1v) is 8.39. The summed E-state index contributed by atoms with van der Waals surface area (Å²) >= 11 is 3.51. The Labute approximate surface area is 135 Å². The first kappa shape index (κ1) is 16.3. The molecule has 0 bridgehead atoms. The van der Waals surface area contributed by atoms with Gasteiger partial charge in [0.2, 0.25) is 0 Å². The predicted octanol–water partition coefficient (Wildman–Crippen LogP) is 2.95. The van der Waals surface area contributed by atoms with E-state index in [1.54, 1.807) is 0 Å². The van der Waals surface area contributed by atoms with E-state index in [1.165, 1.54) is 12.0 Å². The Morgan fingerprint density at radius 3 is 2.76 bits per heavy atom. The number of nitrogens with one attached hydrogen (secondary N) is 1. The van der Waals surface area contributed by atoms with Crippen LogP contribution in [0.25, 0.3) is 0 Å². The second-order valence-electron chi connectivity index (χ2n) is 5.28. The molecule has 1 fully saturated rings. The van der Waals surface area contributed by atoms with E-state index in [9.17, 15) is 4.79 Å². The minimum Gasteiger partial charge on any atom is -0.483 e. The number of hydrogen-bond donors (Lipinski definition) is 1. The molecule has 1 amide bonds. The van der Waals surface area contributed by atoms with E-state index in [0.717, 1.165) is 49.2 Å². The molecule has 1 heterocycles. The van der Waals surface area contributed by atoms with Gasteiger partial charge in [-0.15, -0.1) is 0 Å². The Kier molecular flexibility index (Phi) is 6.51. The average molecular weight is 355 g/mol. The topological polar surface area (TPSA) is 41.6 Å². The van der Waals surface area contributed by atoms with Crippen molar-refractivity contribution >= 4 is 21.8 Å². The maximum atomic E-state index is 12.1. The van der Waals surface area contributed by atoms with Crippen molar-refractivity contribution in [3.8, 4) is 5.75 Å². The molecule has 5 heteroatoms. The van der Waals surface area contributed by atoms with Gasteiger partial charge >= 0.3 is 0 Å². The maximum Gasteiger partial charge on any atom is 0.260 e. The molecule has 0 radical (unpaired) electrons. The highest BCUT2D eigenvalue weighted by molar-refractivity contribution is 9.10. The Bertz CT molecular complexity index is 473. The molecule has 1 saturated heterocycles.